The van der Waals surface area contributed by atoms with Crippen LogP contribution in [0.15, 0.2) is 36.5 Å². The number of fused-ring (bicyclic) bond motifs is 2. The highest BCUT2D eigenvalue weighted by molar-refractivity contribution is 5.23. The zero-order valence-corrected chi connectivity index (χ0v) is 8.30. The average Bonchev–Trinajstić information content (AvgIpc) is 2.79. The minimum absolute atomic E-state index is 0.506. The van der Waals surface area contributed by atoms with Crippen LogP contribution in [0.3, 0.4) is 0 Å². The van der Waals surface area contributed by atoms with Crippen LogP contribution in [0.5, 0.6) is 0 Å². The molecule has 1 saturated heterocycles. The maximum absolute atomic E-state index is 4.45. The number of rotatable bonds is 1. The Morgan fingerprint density at radius 2 is 2.29 bits per heavy atom. The van der Waals surface area contributed by atoms with Crippen molar-refractivity contribution in [3.05, 3.63) is 42.2 Å². The minimum atomic E-state index is 0.506. The Labute approximate surface area is 84.3 Å². The van der Waals surface area contributed by atoms with Gasteiger partial charge in [0, 0.05) is 12.2 Å². The summed E-state index contributed by atoms with van der Waals surface area (Å²) in [6, 6.07) is 7.34. The predicted molar refractivity (Wildman–Crippen MR) is 55.8 cm³/mol. The first-order chi connectivity index (χ1) is 6.86. The summed E-state index contributed by atoms with van der Waals surface area (Å²) in [6.07, 6.45) is 7.84. The van der Waals surface area contributed by atoms with Crippen molar-refractivity contribution in [2.75, 3.05) is 7.05 Å². The maximum Gasteiger partial charge on any atom is 0.0586 e. The molecule has 1 aromatic rings. The van der Waals surface area contributed by atoms with Crippen molar-refractivity contribution in [1.29, 1.82) is 0 Å². The van der Waals surface area contributed by atoms with Gasteiger partial charge in [-0.2, -0.15) is 0 Å². The van der Waals surface area contributed by atoms with Gasteiger partial charge >= 0.3 is 0 Å². The molecular weight excluding hydrogens is 172 g/mol. The van der Waals surface area contributed by atoms with Crippen molar-refractivity contribution in [1.82, 2.24) is 9.88 Å². The molecule has 0 amide bonds. The highest BCUT2D eigenvalue weighted by Crippen LogP contribution is 2.44. The minimum Gasteiger partial charge on any atom is -0.291 e. The molecule has 2 aliphatic rings. The van der Waals surface area contributed by atoms with Crippen molar-refractivity contribution in [3.8, 4) is 0 Å². The Bertz CT molecular complexity index is 358. The van der Waals surface area contributed by atoms with Gasteiger partial charge in [0.05, 0.1) is 11.7 Å². The molecule has 0 spiro atoms. The van der Waals surface area contributed by atoms with E-state index in [-0.39, 0.29) is 0 Å². The molecule has 1 aliphatic heterocycles. The number of likely N-dealkylation sites (tertiary alicyclic amines) is 1. The Morgan fingerprint density at radius 3 is 2.93 bits per heavy atom. The summed E-state index contributed by atoms with van der Waals surface area (Å²) in [5.74, 6) is 0.680. The second-order valence-corrected chi connectivity index (χ2v) is 4.22. The lowest BCUT2D eigenvalue weighted by molar-refractivity contribution is 0.246. The molecule has 72 valence electrons. The van der Waals surface area contributed by atoms with Crippen molar-refractivity contribution in [2.45, 2.75) is 18.5 Å². The van der Waals surface area contributed by atoms with E-state index >= 15 is 0 Å². The van der Waals surface area contributed by atoms with Crippen LogP contribution in [0.2, 0.25) is 0 Å². The van der Waals surface area contributed by atoms with E-state index in [4.69, 9.17) is 0 Å². The maximum atomic E-state index is 4.45. The summed E-state index contributed by atoms with van der Waals surface area (Å²) < 4.78 is 0. The Kier molecular flexibility index (Phi) is 1.71. The van der Waals surface area contributed by atoms with Gasteiger partial charge < -0.3 is 0 Å². The van der Waals surface area contributed by atoms with Crippen LogP contribution in [0.25, 0.3) is 0 Å². The lowest BCUT2D eigenvalue weighted by atomic mass is 9.99. The van der Waals surface area contributed by atoms with Gasteiger partial charge in [-0.05, 0) is 31.5 Å². The molecule has 0 radical (unpaired) electrons. The third-order valence-electron chi connectivity index (χ3n) is 3.45. The van der Waals surface area contributed by atoms with Crippen molar-refractivity contribution >= 4 is 0 Å². The lowest BCUT2D eigenvalue weighted by Gasteiger charge is -2.28. The van der Waals surface area contributed by atoms with Gasteiger partial charge in [0.25, 0.3) is 0 Å². The summed E-state index contributed by atoms with van der Waals surface area (Å²) in [4.78, 5) is 6.89. The standard InChI is InChI=1S/C12H14N2/c1-14-10-6-5-9(8-10)12(14)11-4-2-3-7-13-11/h2-7,9-10,12H,8H2,1H3/t9-,10+,12-/m0/s1. The Morgan fingerprint density at radius 1 is 1.36 bits per heavy atom. The molecule has 1 aromatic heterocycles. The summed E-state index contributed by atoms with van der Waals surface area (Å²) in [5, 5.41) is 0. The van der Waals surface area contributed by atoms with E-state index in [2.05, 4.69) is 41.2 Å². The van der Waals surface area contributed by atoms with Gasteiger partial charge in [-0.3, -0.25) is 9.88 Å². The first-order valence-electron chi connectivity index (χ1n) is 5.17. The molecule has 0 N–H and O–H groups in total. The van der Waals surface area contributed by atoms with Crippen LogP contribution >= 0.6 is 0 Å². The van der Waals surface area contributed by atoms with E-state index in [1.165, 1.54) is 12.1 Å². The number of nitrogens with zero attached hydrogens (tertiary/aromatic N) is 2. The van der Waals surface area contributed by atoms with E-state index in [9.17, 15) is 0 Å². The van der Waals surface area contributed by atoms with Crippen molar-refractivity contribution in [2.24, 2.45) is 5.92 Å². The molecule has 3 atom stereocenters. The SMILES string of the molecule is CN1[C@@H]2C=C[C@@H](C2)[C@H]1c1ccccn1. The van der Waals surface area contributed by atoms with Gasteiger partial charge in [-0.1, -0.05) is 18.2 Å². The van der Waals surface area contributed by atoms with Gasteiger partial charge in [-0.25, -0.2) is 0 Å². The quantitative estimate of drug-likeness (QED) is 0.624. The number of pyridine rings is 1. The molecule has 2 heterocycles. The Balaban J connectivity index is 1.97. The third kappa shape index (κ3) is 1.04. The van der Waals surface area contributed by atoms with Crippen LogP contribution in [0.4, 0.5) is 0 Å². The number of hydrogen-bond donors (Lipinski definition) is 0. The van der Waals surface area contributed by atoms with Crippen LogP contribution < -0.4 is 0 Å². The fourth-order valence-electron chi connectivity index (χ4n) is 2.73. The first-order valence-corrected chi connectivity index (χ1v) is 5.17. The van der Waals surface area contributed by atoms with Crippen LogP contribution in [0.1, 0.15) is 18.2 Å². The molecule has 0 unspecified atom stereocenters. The zero-order chi connectivity index (χ0) is 9.54. The van der Waals surface area contributed by atoms with Crippen LogP contribution in [-0.4, -0.2) is 23.0 Å². The van der Waals surface area contributed by atoms with Gasteiger partial charge in [0.15, 0.2) is 0 Å². The van der Waals surface area contributed by atoms with E-state index in [1.807, 2.05) is 12.3 Å². The van der Waals surface area contributed by atoms with E-state index in [1.54, 1.807) is 0 Å². The fraction of sp³-hybridized carbons (Fsp3) is 0.417. The normalized spacial score (nSPS) is 35.4. The average molecular weight is 186 g/mol. The second kappa shape index (κ2) is 2.92. The Hall–Kier alpha value is -1.15. The largest absolute Gasteiger partial charge is 0.291 e. The monoisotopic (exact) mass is 186 g/mol. The smallest absolute Gasteiger partial charge is 0.0586 e. The summed E-state index contributed by atoms with van der Waals surface area (Å²) in [7, 11) is 2.20. The molecule has 2 bridgehead atoms. The lowest BCUT2D eigenvalue weighted by Crippen LogP contribution is -2.29. The highest BCUT2D eigenvalue weighted by atomic mass is 15.2. The van der Waals surface area contributed by atoms with Crippen LogP contribution in [0, 0.1) is 5.92 Å². The van der Waals surface area contributed by atoms with Gasteiger partial charge in [0.1, 0.15) is 0 Å². The van der Waals surface area contributed by atoms with E-state index < -0.39 is 0 Å². The number of likely N-dealkylation sites (N-methyl/N-ethyl adjacent to an activating group) is 1. The number of hydrogen-bond acceptors (Lipinski definition) is 2. The summed E-state index contributed by atoms with van der Waals surface area (Å²) in [6.45, 7) is 0. The van der Waals surface area contributed by atoms with Crippen LogP contribution in [-0.2, 0) is 0 Å². The van der Waals surface area contributed by atoms with Crippen molar-refractivity contribution in [3.63, 3.8) is 0 Å². The molecule has 14 heavy (non-hydrogen) atoms. The summed E-state index contributed by atoms with van der Waals surface area (Å²) in [5.41, 5.74) is 1.21. The summed E-state index contributed by atoms with van der Waals surface area (Å²) >= 11 is 0. The zero-order valence-electron chi connectivity index (χ0n) is 8.30. The molecule has 2 heteroatoms. The molecule has 0 aromatic carbocycles. The van der Waals surface area contributed by atoms with E-state index in [0.29, 0.717) is 18.0 Å². The van der Waals surface area contributed by atoms with Gasteiger partial charge in [0.2, 0.25) is 0 Å². The third-order valence-corrected chi connectivity index (χ3v) is 3.45. The first kappa shape index (κ1) is 8.18. The molecule has 3 rings (SSSR count). The topological polar surface area (TPSA) is 16.1 Å². The fourth-order valence-corrected chi connectivity index (χ4v) is 2.73. The molecule has 1 fully saturated rings. The van der Waals surface area contributed by atoms with E-state index in [0.717, 1.165) is 0 Å². The molecule has 2 nitrogen and oxygen atoms in total. The van der Waals surface area contributed by atoms with Gasteiger partial charge in [-0.15, -0.1) is 0 Å². The number of aromatic nitrogens is 1. The molecule has 1 aliphatic carbocycles. The predicted octanol–water partition coefficient (Wildman–Crippen LogP) is 2.01. The molecular formula is C12H14N2. The highest BCUT2D eigenvalue weighted by Gasteiger charge is 2.41. The van der Waals surface area contributed by atoms with Crippen molar-refractivity contribution < 1.29 is 0 Å². The second-order valence-electron chi connectivity index (χ2n) is 4.22. The molecule has 0 saturated carbocycles.